The second-order valence-electron chi connectivity index (χ2n) is 7.86. The molecule has 0 aromatic heterocycles. The average molecular weight is 559 g/mol. The van der Waals surface area contributed by atoms with Crippen LogP contribution >= 0.6 is 27.5 Å². The highest BCUT2D eigenvalue weighted by Crippen LogP contribution is 2.19. The van der Waals surface area contributed by atoms with Crippen LogP contribution in [-0.4, -0.2) is 55.1 Å². The molecule has 2 aromatic carbocycles. The first-order chi connectivity index (χ1) is 15.4. The first-order valence-corrected chi connectivity index (χ1v) is 13.1. The number of halogens is 2. The molecule has 0 saturated carbocycles. The van der Waals surface area contributed by atoms with Gasteiger partial charge in [0.15, 0.2) is 0 Å². The molecule has 180 valence electrons. The van der Waals surface area contributed by atoms with E-state index in [9.17, 15) is 18.0 Å². The quantitative estimate of drug-likeness (QED) is 0.477. The molecule has 2 amide bonds. The van der Waals surface area contributed by atoms with E-state index in [1.807, 2.05) is 38.1 Å². The summed E-state index contributed by atoms with van der Waals surface area (Å²) in [4.78, 5) is 27.5. The highest BCUT2D eigenvalue weighted by Gasteiger charge is 2.30. The lowest BCUT2D eigenvalue weighted by molar-refractivity contribution is -0.140. The predicted octanol–water partition coefficient (Wildman–Crippen LogP) is 4.06. The van der Waals surface area contributed by atoms with E-state index in [1.54, 1.807) is 6.92 Å². The van der Waals surface area contributed by atoms with Gasteiger partial charge >= 0.3 is 0 Å². The molecule has 10 heteroatoms. The topological polar surface area (TPSA) is 86.8 Å². The minimum Gasteiger partial charge on any atom is -0.352 e. The van der Waals surface area contributed by atoms with E-state index >= 15 is 0 Å². The number of rotatable bonds is 10. The number of carbonyl (C=O) groups excluding carboxylic acids is 2. The van der Waals surface area contributed by atoms with Gasteiger partial charge < -0.3 is 10.2 Å². The van der Waals surface area contributed by atoms with E-state index in [1.165, 1.54) is 36.2 Å². The summed E-state index contributed by atoms with van der Waals surface area (Å²) >= 11 is 9.27. The van der Waals surface area contributed by atoms with Gasteiger partial charge in [0, 0.05) is 29.1 Å². The molecule has 7 nitrogen and oxygen atoms in total. The number of likely N-dealkylation sites (N-methyl/N-ethyl adjacent to an activating group) is 1. The molecule has 0 aliphatic carbocycles. The van der Waals surface area contributed by atoms with E-state index in [-0.39, 0.29) is 23.4 Å². The average Bonchev–Trinajstić information content (AvgIpc) is 2.77. The van der Waals surface area contributed by atoms with Crippen molar-refractivity contribution in [3.8, 4) is 0 Å². The molecule has 0 bridgehead atoms. The number of carbonyl (C=O) groups is 2. The number of hydrogen-bond acceptors (Lipinski definition) is 4. The Morgan fingerprint density at radius 2 is 1.76 bits per heavy atom. The van der Waals surface area contributed by atoms with Crippen LogP contribution in [0, 0.1) is 0 Å². The Morgan fingerprint density at radius 3 is 2.33 bits per heavy atom. The molecule has 0 aliphatic rings. The van der Waals surface area contributed by atoms with Gasteiger partial charge in [-0.15, -0.1) is 0 Å². The van der Waals surface area contributed by atoms with Crippen LogP contribution in [0.5, 0.6) is 0 Å². The summed E-state index contributed by atoms with van der Waals surface area (Å²) < 4.78 is 27.7. The molecule has 2 rings (SSSR count). The van der Waals surface area contributed by atoms with Crippen LogP contribution in [0.15, 0.2) is 57.9 Å². The Labute approximate surface area is 209 Å². The number of hydrogen-bond donors (Lipinski definition) is 1. The van der Waals surface area contributed by atoms with E-state index in [4.69, 9.17) is 11.6 Å². The second kappa shape index (κ2) is 12.0. The molecule has 33 heavy (non-hydrogen) atoms. The standard InChI is InChI=1S/C23H29BrClN3O4S/c1-5-16(2)26-23(30)17(3)28(14-18-7-6-8-19(24)13-18)22(29)15-27(4)33(31,32)21-11-9-20(25)10-12-21/h6-13,16-17H,5,14-15H2,1-4H3,(H,26,30)/t16-,17-/m1/s1. The monoisotopic (exact) mass is 557 g/mol. The van der Waals surface area contributed by atoms with Crippen molar-refractivity contribution in [2.75, 3.05) is 13.6 Å². The molecule has 0 radical (unpaired) electrons. The van der Waals surface area contributed by atoms with Gasteiger partial charge in [0.1, 0.15) is 6.04 Å². The Kier molecular flexibility index (Phi) is 9.90. The van der Waals surface area contributed by atoms with Crippen molar-refractivity contribution in [1.29, 1.82) is 0 Å². The number of nitrogens with zero attached hydrogens (tertiary/aromatic N) is 2. The number of benzene rings is 2. The molecule has 1 N–H and O–H groups in total. The maximum absolute atomic E-state index is 13.3. The van der Waals surface area contributed by atoms with E-state index in [0.29, 0.717) is 5.02 Å². The molecule has 2 atom stereocenters. The smallest absolute Gasteiger partial charge is 0.243 e. The Bertz CT molecular complexity index is 1080. The lowest BCUT2D eigenvalue weighted by atomic mass is 10.1. The summed E-state index contributed by atoms with van der Waals surface area (Å²) in [6.45, 7) is 5.22. The third-order valence-electron chi connectivity index (χ3n) is 5.29. The molecular formula is C23H29BrClN3O4S. The van der Waals surface area contributed by atoms with Crippen LogP contribution in [0.1, 0.15) is 32.8 Å². The summed E-state index contributed by atoms with van der Waals surface area (Å²) in [5, 5.41) is 3.30. The summed E-state index contributed by atoms with van der Waals surface area (Å²) in [5.41, 5.74) is 0.809. The summed E-state index contributed by atoms with van der Waals surface area (Å²) in [7, 11) is -2.58. The minimum absolute atomic E-state index is 0.0308. The number of sulfonamides is 1. The minimum atomic E-state index is -3.91. The van der Waals surface area contributed by atoms with Crippen LogP contribution in [-0.2, 0) is 26.2 Å². The molecule has 2 aromatic rings. The fourth-order valence-electron chi connectivity index (χ4n) is 3.03. The number of amides is 2. The first-order valence-electron chi connectivity index (χ1n) is 10.5. The molecule has 0 heterocycles. The largest absolute Gasteiger partial charge is 0.352 e. The number of nitrogens with one attached hydrogen (secondary N) is 1. The molecule has 0 spiro atoms. The van der Waals surface area contributed by atoms with Crippen molar-refractivity contribution in [1.82, 2.24) is 14.5 Å². The van der Waals surface area contributed by atoms with Gasteiger partial charge in [0.05, 0.1) is 11.4 Å². The summed E-state index contributed by atoms with van der Waals surface area (Å²) in [6, 6.07) is 12.3. The Morgan fingerprint density at radius 1 is 1.12 bits per heavy atom. The normalized spacial score (nSPS) is 13.4. The summed E-state index contributed by atoms with van der Waals surface area (Å²) in [6.07, 6.45) is 0.750. The molecular weight excluding hydrogens is 530 g/mol. The van der Waals surface area contributed by atoms with Crippen molar-refractivity contribution < 1.29 is 18.0 Å². The fourth-order valence-corrected chi connectivity index (χ4v) is 4.73. The molecule has 0 saturated heterocycles. The summed E-state index contributed by atoms with van der Waals surface area (Å²) in [5.74, 6) is -0.780. The van der Waals surface area contributed by atoms with E-state index in [0.717, 1.165) is 20.8 Å². The zero-order valence-corrected chi connectivity index (χ0v) is 22.2. The van der Waals surface area contributed by atoms with Crippen LogP contribution in [0.3, 0.4) is 0 Å². The van der Waals surface area contributed by atoms with Gasteiger partial charge in [-0.05, 0) is 62.2 Å². The van der Waals surface area contributed by atoms with Gasteiger partial charge in [0.2, 0.25) is 21.8 Å². The molecule has 0 fully saturated rings. The SMILES string of the molecule is CC[C@@H](C)NC(=O)[C@@H](C)N(Cc1cccc(Br)c1)C(=O)CN(C)S(=O)(=O)c1ccc(Cl)cc1. The van der Waals surface area contributed by atoms with Crippen molar-refractivity contribution in [3.63, 3.8) is 0 Å². The van der Waals surface area contributed by atoms with Crippen molar-refractivity contribution in [2.45, 2.75) is 50.7 Å². The van der Waals surface area contributed by atoms with Crippen LogP contribution < -0.4 is 5.32 Å². The molecule has 0 unspecified atom stereocenters. The third-order valence-corrected chi connectivity index (χ3v) is 7.85. The van der Waals surface area contributed by atoms with E-state index in [2.05, 4.69) is 21.2 Å². The lowest BCUT2D eigenvalue weighted by Crippen LogP contribution is -2.51. The fraction of sp³-hybridized carbons (Fsp3) is 0.391. The predicted molar refractivity (Wildman–Crippen MR) is 133 cm³/mol. The zero-order chi connectivity index (χ0) is 24.8. The van der Waals surface area contributed by atoms with Gasteiger partial charge in [-0.1, -0.05) is 46.6 Å². The van der Waals surface area contributed by atoms with Gasteiger partial charge in [-0.3, -0.25) is 9.59 Å². The highest BCUT2D eigenvalue weighted by molar-refractivity contribution is 9.10. The van der Waals surface area contributed by atoms with Crippen molar-refractivity contribution in [3.05, 3.63) is 63.6 Å². The van der Waals surface area contributed by atoms with Crippen molar-refractivity contribution in [2.24, 2.45) is 0 Å². The zero-order valence-electron chi connectivity index (χ0n) is 19.1. The van der Waals surface area contributed by atoms with Crippen LogP contribution in [0.25, 0.3) is 0 Å². The van der Waals surface area contributed by atoms with Gasteiger partial charge in [-0.2, -0.15) is 4.31 Å². The van der Waals surface area contributed by atoms with Crippen molar-refractivity contribution >= 4 is 49.4 Å². The van der Waals surface area contributed by atoms with Gasteiger partial charge in [0.25, 0.3) is 0 Å². The second-order valence-corrected chi connectivity index (χ2v) is 11.3. The third kappa shape index (κ3) is 7.53. The lowest BCUT2D eigenvalue weighted by Gasteiger charge is -2.31. The maximum atomic E-state index is 13.3. The molecule has 0 aliphatic heterocycles. The van der Waals surface area contributed by atoms with E-state index < -0.39 is 28.5 Å². The first kappa shape index (κ1) is 27.3. The van der Waals surface area contributed by atoms with Crippen LogP contribution in [0.4, 0.5) is 0 Å². The van der Waals surface area contributed by atoms with Gasteiger partial charge in [-0.25, -0.2) is 8.42 Å². The Balaban J connectivity index is 2.27. The maximum Gasteiger partial charge on any atom is 0.243 e. The van der Waals surface area contributed by atoms with Crippen LogP contribution in [0.2, 0.25) is 5.02 Å². The Hall–Kier alpha value is -1.94. The highest BCUT2D eigenvalue weighted by atomic mass is 79.9.